The molecule has 2 unspecified atom stereocenters. The first-order valence-corrected chi connectivity index (χ1v) is 6.51. The van der Waals surface area contributed by atoms with Gasteiger partial charge in [0.15, 0.2) is 0 Å². The summed E-state index contributed by atoms with van der Waals surface area (Å²) in [7, 11) is 0. The van der Waals surface area contributed by atoms with Crippen molar-refractivity contribution in [2.75, 3.05) is 0 Å². The lowest BCUT2D eigenvalue weighted by atomic mass is 9.83. The van der Waals surface area contributed by atoms with Gasteiger partial charge in [-0.25, -0.2) is 4.79 Å². The van der Waals surface area contributed by atoms with Gasteiger partial charge in [0, 0.05) is 11.6 Å². The summed E-state index contributed by atoms with van der Waals surface area (Å²) in [5.74, 6) is 0.666. The molecule has 0 aromatic heterocycles. The van der Waals surface area contributed by atoms with Crippen molar-refractivity contribution in [3.63, 3.8) is 0 Å². The molecule has 1 fully saturated rings. The summed E-state index contributed by atoms with van der Waals surface area (Å²) in [5.41, 5.74) is -0.152. The van der Waals surface area contributed by atoms with Crippen LogP contribution in [0.2, 0.25) is 0 Å². The van der Waals surface area contributed by atoms with Gasteiger partial charge in [0.2, 0.25) is 0 Å². The molecule has 0 spiro atoms. The van der Waals surface area contributed by atoms with Crippen LogP contribution in [0.3, 0.4) is 0 Å². The minimum Gasteiger partial charge on any atom is -0.335 e. The first-order chi connectivity index (χ1) is 7.42. The number of rotatable bonds is 2. The Morgan fingerprint density at radius 2 is 1.88 bits per heavy atom. The Bertz CT molecular complexity index is 233. The van der Waals surface area contributed by atoms with Crippen LogP contribution in [0, 0.1) is 5.92 Å². The fraction of sp³-hybridized carbons (Fsp3) is 0.923. The predicted molar refractivity (Wildman–Crippen MR) is 67.5 cm³/mol. The van der Waals surface area contributed by atoms with Crippen molar-refractivity contribution in [1.29, 1.82) is 0 Å². The molecule has 16 heavy (non-hydrogen) atoms. The first kappa shape index (κ1) is 13.3. The molecule has 2 atom stereocenters. The molecule has 1 saturated carbocycles. The van der Waals surface area contributed by atoms with Crippen molar-refractivity contribution < 1.29 is 4.79 Å². The van der Waals surface area contributed by atoms with E-state index in [9.17, 15) is 4.79 Å². The Balaban J connectivity index is 2.42. The lowest BCUT2D eigenvalue weighted by Crippen LogP contribution is -2.51. The van der Waals surface area contributed by atoms with Crippen LogP contribution in [0.5, 0.6) is 0 Å². The van der Waals surface area contributed by atoms with E-state index in [0.717, 1.165) is 6.42 Å². The summed E-state index contributed by atoms with van der Waals surface area (Å²) in [4.78, 5) is 11.8. The molecule has 0 saturated heterocycles. The molecule has 0 aromatic rings. The third kappa shape index (κ3) is 4.42. The molecule has 1 rings (SSSR count). The third-order valence-corrected chi connectivity index (χ3v) is 3.24. The second kappa shape index (κ2) is 5.55. The molecule has 0 bridgehead atoms. The summed E-state index contributed by atoms with van der Waals surface area (Å²) in [6.07, 6.45) is 6.13. The molecule has 1 aliphatic rings. The number of nitrogens with one attached hydrogen (secondary N) is 2. The van der Waals surface area contributed by atoms with E-state index in [0.29, 0.717) is 12.0 Å². The zero-order valence-electron chi connectivity index (χ0n) is 11.1. The Morgan fingerprint density at radius 3 is 2.44 bits per heavy atom. The number of urea groups is 1. The largest absolute Gasteiger partial charge is 0.335 e. The van der Waals surface area contributed by atoms with Gasteiger partial charge in [-0.05, 0) is 39.5 Å². The van der Waals surface area contributed by atoms with Gasteiger partial charge in [0.05, 0.1) is 0 Å². The highest BCUT2D eigenvalue weighted by atomic mass is 16.2. The van der Waals surface area contributed by atoms with Gasteiger partial charge in [0.1, 0.15) is 0 Å². The van der Waals surface area contributed by atoms with Gasteiger partial charge >= 0.3 is 6.03 Å². The van der Waals surface area contributed by atoms with E-state index in [2.05, 4.69) is 17.6 Å². The van der Waals surface area contributed by atoms with E-state index >= 15 is 0 Å². The van der Waals surface area contributed by atoms with Crippen LogP contribution < -0.4 is 10.6 Å². The van der Waals surface area contributed by atoms with Crippen LogP contribution in [-0.2, 0) is 0 Å². The Morgan fingerprint density at radius 1 is 1.25 bits per heavy atom. The maximum absolute atomic E-state index is 11.8. The van der Waals surface area contributed by atoms with Crippen LogP contribution in [0.15, 0.2) is 0 Å². The zero-order valence-corrected chi connectivity index (χ0v) is 11.1. The van der Waals surface area contributed by atoms with Crippen molar-refractivity contribution in [1.82, 2.24) is 10.6 Å². The molecule has 0 heterocycles. The van der Waals surface area contributed by atoms with Gasteiger partial charge < -0.3 is 10.6 Å². The number of amides is 2. The van der Waals surface area contributed by atoms with Crippen molar-refractivity contribution >= 4 is 6.03 Å². The van der Waals surface area contributed by atoms with Crippen LogP contribution in [0.25, 0.3) is 0 Å². The molecule has 94 valence electrons. The molecular weight excluding hydrogens is 200 g/mol. The first-order valence-electron chi connectivity index (χ1n) is 6.51. The highest BCUT2D eigenvalue weighted by Gasteiger charge is 2.25. The summed E-state index contributed by atoms with van der Waals surface area (Å²) >= 11 is 0. The van der Waals surface area contributed by atoms with E-state index in [1.54, 1.807) is 0 Å². The predicted octanol–water partition coefficient (Wildman–Crippen LogP) is 3.05. The minimum absolute atomic E-state index is 0.0159. The molecular formula is C13H26N2O. The quantitative estimate of drug-likeness (QED) is 0.746. The highest BCUT2D eigenvalue weighted by Crippen LogP contribution is 2.26. The number of hydrogen-bond acceptors (Lipinski definition) is 1. The minimum atomic E-state index is -0.152. The van der Waals surface area contributed by atoms with Crippen LogP contribution in [0.4, 0.5) is 4.79 Å². The number of carbonyl (C=O) groups excluding carboxylic acids is 1. The second-order valence-corrected chi connectivity index (χ2v) is 5.91. The summed E-state index contributed by atoms with van der Waals surface area (Å²) in [6.45, 7) is 8.23. The van der Waals surface area contributed by atoms with Crippen molar-refractivity contribution in [3.05, 3.63) is 0 Å². The van der Waals surface area contributed by atoms with Crippen molar-refractivity contribution in [2.45, 2.75) is 71.4 Å². The van der Waals surface area contributed by atoms with Gasteiger partial charge in [-0.2, -0.15) is 0 Å². The molecule has 3 heteroatoms. The van der Waals surface area contributed by atoms with Gasteiger partial charge in [-0.15, -0.1) is 0 Å². The van der Waals surface area contributed by atoms with Crippen molar-refractivity contribution in [3.8, 4) is 0 Å². The lowest BCUT2D eigenvalue weighted by Gasteiger charge is -2.32. The van der Waals surface area contributed by atoms with Crippen molar-refractivity contribution in [2.24, 2.45) is 5.92 Å². The summed E-state index contributed by atoms with van der Waals surface area (Å²) < 4.78 is 0. The average molecular weight is 226 g/mol. The molecule has 3 nitrogen and oxygen atoms in total. The molecule has 0 aliphatic heterocycles. The fourth-order valence-electron chi connectivity index (χ4n) is 2.43. The molecule has 0 radical (unpaired) electrons. The van der Waals surface area contributed by atoms with Gasteiger partial charge in [-0.3, -0.25) is 0 Å². The zero-order chi connectivity index (χ0) is 12.2. The van der Waals surface area contributed by atoms with Crippen LogP contribution in [-0.4, -0.2) is 17.6 Å². The fourth-order valence-corrected chi connectivity index (χ4v) is 2.43. The number of hydrogen-bond donors (Lipinski definition) is 2. The molecule has 0 aromatic carbocycles. The van der Waals surface area contributed by atoms with Crippen LogP contribution in [0.1, 0.15) is 59.8 Å². The SMILES string of the molecule is CCC1CCCCC1NC(=O)NC(C)(C)C. The Kier molecular flexibility index (Phi) is 4.63. The second-order valence-electron chi connectivity index (χ2n) is 5.91. The average Bonchev–Trinajstić information content (AvgIpc) is 2.15. The van der Waals surface area contributed by atoms with E-state index in [1.807, 2.05) is 20.8 Å². The van der Waals surface area contributed by atoms with E-state index < -0.39 is 0 Å². The standard InChI is InChI=1S/C13H26N2O/c1-5-10-8-6-7-9-11(10)14-12(16)15-13(2,3)4/h10-11H,5-9H2,1-4H3,(H2,14,15,16). The summed E-state index contributed by atoms with van der Waals surface area (Å²) in [5, 5.41) is 6.09. The smallest absolute Gasteiger partial charge is 0.315 e. The van der Waals surface area contributed by atoms with E-state index in [4.69, 9.17) is 0 Å². The molecule has 2 amide bonds. The van der Waals surface area contributed by atoms with E-state index in [-0.39, 0.29) is 11.6 Å². The summed E-state index contributed by atoms with van der Waals surface area (Å²) in [6, 6.07) is 0.360. The van der Waals surface area contributed by atoms with Crippen LogP contribution >= 0.6 is 0 Å². The van der Waals surface area contributed by atoms with Gasteiger partial charge in [0.25, 0.3) is 0 Å². The Hall–Kier alpha value is -0.730. The maximum atomic E-state index is 11.8. The third-order valence-electron chi connectivity index (χ3n) is 3.24. The maximum Gasteiger partial charge on any atom is 0.315 e. The Labute approximate surface area is 99.4 Å². The monoisotopic (exact) mass is 226 g/mol. The topological polar surface area (TPSA) is 41.1 Å². The molecule has 1 aliphatic carbocycles. The van der Waals surface area contributed by atoms with E-state index in [1.165, 1.54) is 25.7 Å². The molecule has 2 N–H and O–H groups in total. The number of carbonyl (C=O) groups is 1. The lowest BCUT2D eigenvalue weighted by molar-refractivity contribution is 0.208. The highest BCUT2D eigenvalue weighted by molar-refractivity contribution is 5.75. The normalized spacial score (nSPS) is 26.2. The van der Waals surface area contributed by atoms with Gasteiger partial charge in [-0.1, -0.05) is 26.2 Å².